The van der Waals surface area contributed by atoms with Gasteiger partial charge in [-0.1, -0.05) is 23.4 Å². The molecule has 0 saturated heterocycles. The Hall–Kier alpha value is -2.78. The molecule has 142 valence electrons. The minimum absolute atomic E-state index is 0.114. The molecule has 9 heteroatoms. The second-order valence-electron chi connectivity index (χ2n) is 5.86. The van der Waals surface area contributed by atoms with E-state index in [4.69, 9.17) is 9.26 Å². The van der Waals surface area contributed by atoms with E-state index in [0.29, 0.717) is 17.1 Å². The second kappa shape index (κ2) is 7.85. The van der Waals surface area contributed by atoms with E-state index in [1.165, 1.54) is 12.1 Å². The van der Waals surface area contributed by atoms with Gasteiger partial charge >= 0.3 is 0 Å². The first-order valence-electron chi connectivity index (χ1n) is 8.02. The Morgan fingerprint density at radius 1 is 1.11 bits per heavy atom. The summed E-state index contributed by atoms with van der Waals surface area (Å²) in [7, 11) is -2.05. The van der Waals surface area contributed by atoms with Gasteiger partial charge in [-0.25, -0.2) is 12.8 Å². The van der Waals surface area contributed by atoms with Crippen molar-refractivity contribution in [3.63, 3.8) is 0 Å². The maximum Gasteiger partial charge on any atom is 0.242 e. The summed E-state index contributed by atoms with van der Waals surface area (Å²) in [6.07, 6.45) is 1.05. The lowest BCUT2D eigenvalue weighted by molar-refractivity contribution is 0.311. The molecule has 2 aromatic carbocycles. The van der Waals surface area contributed by atoms with Crippen LogP contribution in [0.15, 0.2) is 53.1 Å². The molecule has 0 N–H and O–H groups in total. The van der Waals surface area contributed by atoms with Crippen LogP contribution in [0.25, 0.3) is 11.4 Å². The van der Waals surface area contributed by atoms with Gasteiger partial charge in [0.2, 0.25) is 21.7 Å². The highest BCUT2D eigenvalue weighted by Gasteiger charge is 2.22. The third-order valence-corrected chi connectivity index (χ3v) is 5.10. The van der Waals surface area contributed by atoms with E-state index in [1.54, 1.807) is 43.5 Å². The molecule has 0 radical (unpaired) electrons. The maximum absolute atomic E-state index is 13.9. The smallest absolute Gasteiger partial charge is 0.242 e. The number of aromatic nitrogens is 2. The summed E-state index contributed by atoms with van der Waals surface area (Å²) in [5, 5.41) is 3.88. The van der Waals surface area contributed by atoms with E-state index >= 15 is 0 Å². The molecule has 0 aliphatic carbocycles. The van der Waals surface area contributed by atoms with Gasteiger partial charge in [0.05, 0.1) is 19.9 Å². The fourth-order valence-electron chi connectivity index (χ4n) is 2.43. The number of ether oxygens (including phenoxy) is 1. The zero-order valence-corrected chi connectivity index (χ0v) is 15.6. The third kappa shape index (κ3) is 4.69. The lowest BCUT2D eigenvalue weighted by atomic mass is 10.2. The van der Waals surface area contributed by atoms with Crippen LogP contribution in [0, 0.1) is 5.82 Å². The van der Waals surface area contributed by atoms with Gasteiger partial charge in [0, 0.05) is 17.7 Å². The van der Waals surface area contributed by atoms with Gasteiger partial charge in [0.25, 0.3) is 0 Å². The minimum atomic E-state index is -3.62. The predicted octanol–water partition coefficient (Wildman–Crippen LogP) is 2.85. The molecule has 3 rings (SSSR count). The number of methoxy groups -OCH3 is 1. The minimum Gasteiger partial charge on any atom is -0.497 e. The van der Waals surface area contributed by atoms with Crippen molar-refractivity contribution >= 4 is 10.0 Å². The van der Waals surface area contributed by atoms with Crippen LogP contribution in [-0.4, -0.2) is 36.2 Å². The van der Waals surface area contributed by atoms with E-state index in [1.807, 2.05) is 0 Å². The van der Waals surface area contributed by atoms with Crippen molar-refractivity contribution in [3.05, 3.63) is 65.8 Å². The number of nitrogens with zero attached hydrogens (tertiary/aromatic N) is 3. The maximum atomic E-state index is 13.9. The van der Waals surface area contributed by atoms with Crippen LogP contribution in [0.1, 0.15) is 11.5 Å². The predicted molar refractivity (Wildman–Crippen MR) is 96.8 cm³/mol. The normalized spacial score (nSPS) is 11.7. The molecule has 1 aromatic heterocycles. The zero-order valence-electron chi connectivity index (χ0n) is 14.8. The SMILES string of the molecule is COc1ccc(-c2noc(CN(Cc3ccccc3F)S(C)(=O)=O)n2)cc1. The Kier molecular flexibility index (Phi) is 5.52. The molecule has 0 spiro atoms. The van der Waals surface area contributed by atoms with E-state index in [2.05, 4.69) is 10.1 Å². The summed E-state index contributed by atoms with van der Waals surface area (Å²) in [5.41, 5.74) is 0.962. The van der Waals surface area contributed by atoms with Crippen molar-refractivity contribution in [1.82, 2.24) is 14.4 Å². The van der Waals surface area contributed by atoms with Gasteiger partial charge in [-0.2, -0.15) is 9.29 Å². The molecule has 0 bridgehead atoms. The molecule has 0 fully saturated rings. The van der Waals surface area contributed by atoms with Crippen molar-refractivity contribution in [1.29, 1.82) is 0 Å². The fourth-order valence-corrected chi connectivity index (χ4v) is 3.15. The van der Waals surface area contributed by atoms with Gasteiger partial charge in [-0.15, -0.1) is 0 Å². The third-order valence-electron chi connectivity index (χ3n) is 3.90. The Labute approximate surface area is 156 Å². The number of rotatable bonds is 7. The molecular weight excluding hydrogens is 373 g/mol. The summed E-state index contributed by atoms with van der Waals surface area (Å²) >= 11 is 0. The van der Waals surface area contributed by atoms with Gasteiger partial charge < -0.3 is 9.26 Å². The van der Waals surface area contributed by atoms with Crippen LogP contribution in [0.4, 0.5) is 4.39 Å². The molecule has 27 heavy (non-hydrogen) atoms. The number of hydrogen-bond acceptors (Lipinski definition) is 6. The molecule has 0 saturated carbocycles. The van der Waals surface area contributed by atoms with Gasteiger partial charge in [-0.05, 0) is 30.3 Å². The summed E-state index contributed by atoms with van der Waals surface area (Å²) < 4.78 is 49.4. The lowest BCUT2D eigenvalue weighted by Crippen LogP contribution is -2.29. The van der Waals surface area contributed by atoms with E-state index in [-0.39, 0.29) is 24.5 Å². The highest BCUT2D eigenvalue weighted by molar-refractivity contribution is 7.88. The number of benzene rings is 2. The van der Waals surface area contributed by atoms with Crippen LogP contribution in [0.3, 0.4) is 0 Å². The fraction of sp³-hybridized carbons (Fsp3) is 0.222. The summed E-state index contributed by atoms with van der Waals surface area (Å²) in [4.78, 5) is 4.23. The molecule has 3 aromatic rings. The van der Waals surface area contributed by atoms with Gasteiger partial charge in [-0.3, -0.25) is 0 Å². The largest absolute Gasteiger partial charge is 0.497 e. The van der Waals surface area contributed by atoms with Crippen LogP contribution < -0.4 is 4.74 Å². The molecule has 0 amide bonds. The van der Waals surface area contributed by atoms with Crippen molar-refractivity contribution in [3.8, 4) is 17.1 Å². The van der Waals surface area contributed by atoms with Gasteiger partial charge in [0.1, 0.15) is 11.6 Å². The van der Waals surface area contributed by atoms with Crippen LogP contribution in [0.2, 0.25) is 0 Å². The highest BCUT2D eigenvalue weighted by atomic mass is 32.2. The molecule has 0 atom stereocenters. The lowest BCUT2D eigenvalue weighted by Gasteiger charge is -2.18. The number of sulfonamides is 1. The number of hydrogen-bond donors (Lipinski definition) is 0. The Morgan fingerprint density at radius 3 is 2.44 bits per heavy atom. The summed E-state index contributed by atoms with van der Waals surface area (Å²) in [6.45, 7) is -0.290. The second-order valence-corrected chi connectivity index (χ2v) is 7.85. The standard InChI is InChI=1S/C18H18FN3O4S/c1-25-15-9-7-13(8-10-15)18-20-17(26-21-18)12-22(27(2,23)24)11-14-5-3-4-6-16(14)19/h3-10H,11-12H2,1-2H3. The quantitative estimate of drug-likeness (QED) is 0.616. The van der Waals surface area contributed by atoms with Crippen LogP contribution >= 0.6 is 0 Å². The van der Waals surface area contributed by atoms with Crippen molar-refractivity contribution in [2.45, 2.75) is 13.1 Å². The van der Waals surface area contributed by atoms with E-state index in [9.17, 15) is 12.8 Å². The summed E-state index contributed by atoms with van der Waals surface area (Å²) in [6, 6.07) is 13.0. The molecule has 0 unspecified atom stereocenters. The first-order chi connectivity index (χ1) is 12.9. The molecule has 0 aliphatic rings. The first-order valence-corrected chi connectivity index (χ1v) is 9.87. The molecular formula is C18H18FN3O4S. The average Bonchev–Trinajstić information content (AvgIpc) is 3.11. The first kappa shape index (κ1) is 19.0. The van der Waals surface area contributed by atoms with Gasteiger partial charge in [0.15, 0.2) is 0 Å². The zero-order chi connectivity index (χ0) is 19.4. The average molecular weight is 391 g/mol. The number of halogens is 1. The molecule has 7 nitrogen and oxygen atoms in total. The Morgan fingerprint density at radius 2 is 1.81 bits per heavy atom. The Bertz CT molecular complexity index is 1020. The van der Waals surface area contributed by atoms with Crippen LogP contribution in [-0.2, 0) is 23.1 Å². The highest BCUT2D eigenvalue weighted by Crippen LogP contribution is 2.21. The summed E-state index contributed by atoms with van der Waals surface area (Å²) in [5.74, 6) is 0.654. The van der Waals surface area contributed by atoms with E-state index in [0.717, 1.165) is 10.6 Å². The molecule has 1 heterocycles. The van der Waals surface area contributed by atoms with Crippen molar-refractivity contribution in [2.24, 2.45) is 0 Å². The van der Waals surface area contributed by atoms with Crippen molar-refractivity contribution in [2.75, 3.05) is 13.4 Å². The van der Waals surface area contributed by atoms with Crippen molar-refractivity contribution < 1.29 is 22.1 Å². The van der Waals surface area contributed by atoms with Crippen LogP contribution in [0.5, 0.6) is 5.75 Å². The van der Waals surface area contributed by atoms with E-state index < -0.39 is 15.8 Å². The topological polar surface area (TPSA) is 85.5 Å². The molecule has 0 aliphatic heterocycles. The Balaban J connectivity index is 1.80. The monoisotopic (exact) mass is 391 g/mol.